The van der Waals surface area contributed by atoms with Gasteiger partial charge in [-0.05, 0) is 38.4 Å². The first kappa shape index (κ1) is 19.3. The van der Waals surface area contributed by atoms with Gasteiger partial charge >= 0.3 is 0 Å². The van der Waals surface area contributed by atoms with Crippen LogP contribution in [0.1, 0.15) is 6.42 Å². The zero-order valence-electron chi connectivity index (χ0n) is 15.8. The molecule has 1 aliphatic rings. The van der Waals surface area contributed by atoms with Crippen LogP contribution in [0.4, 0.5) is 20.2 Å². The molecule has 2 aromatic rings. The van der Waals surface area contributed by atoms with E-state index < -0.39 is 12.0 Å². The number of amides is 1. The molecule has 1 aliphatic heterocycles. The lowest BCUT2D eigenvalue weighted by atomic mass is 10.00. The number of halogens is 2. The van der Waals surface area contributed by atoms with Gasteiger partial charge in [-0.2, -0.15) is 0 Å². The van der Waals surface area contributed by atoms with E-state index in [-0.39, 0.29) is 25.4 Å². The highest BCUT2D eigenvalue weighted by atomic mass is 19.3. The molecule has 0 bridgehead atoms. The molecule has 27 heavy (non-hydrogen) atoms. The average molecular weight is 377 g/mol. The highest BCUT2D eigenvalue weighted by Gasteiger charge is 2.41. The topological polar surface area (TPSA) is 60.5 Å². The molecule has 2 heterocycles. The van der Waals surface area contributed by atoms with E-state index in [1.165, 1.54) is 0 Å². The van der Waals surface area contributed by atoms with Gasteiger partial charge < -0.3 is 20.4 Å². The first-order valence-corrected chi connectivity index (χ1v) is 8.91. The molecule has 1 amide bonds. The van der Waals surface area contributed by atoms with Gasteiger partial charge in [-0.15, -0.1) is 0 Å². The first-order valence-electron chi connectivity index (χ1n) is 8.91. The number of pyridine rings is 1. The number of benzene rings is 1. The number of nitrogens with one attached hydrogen (secondary N) is 2. The van der Waals surface area contributed by atoms with Crippen LogP contribution >= 0.6 is 0 Å². The molecule has 0 spiro atoms. The Kier molecular flexibility index (Phi) is 5.46. The second-order valence-corrected chi connectivity index (χ2v) is 7.22. The van der Waals surface area contributed by atoms with Gasteiger partial charge in [0.1, 0.15) is 0 Å². The third-order valence-electron chi connectivity index (χ3n) is 4.59. The molecule has 0 unspecified atom stereocenters. The summed E-state index contributed by atoms with van der Waals surface area (Å²) < 4.78 is 28.8. The standard InChI is InChI=1S/C19H25F2N5O/c1-22-15-6-7-16(14-5-4-8-23-18(14)15)26-10-13(9-19(20,21)12-26)24-17(27)11-25(2)3/h4-8,13,22H,9-12H2,1-3H3,(H,24,27)/t13-/m1/s1. The number of carbonyl (C=O) groups excluding carboxylic acids is 1. The van der Waals surface area contributed by atoms with Gasteiger partial charge in [0, 0.05) is 37.3 Å². The van der Waals surface area contributed by atoms with Gasteiger partial charge in [-0.25, -0.2) is 8.78 Å². The minimum Gasteiger partial charge on any atom is -0.386 e. The maximum Gasteiger partial charge on any atom is 0.267 e. The number of nitrogens with zero attached hydrogens (tertiary/aromatic N) is 3. The summed E-state index contributed by atoms with van der Waals surface area (Å²) in [6, 6.07) is 6.73. The Morgan fingerprint density at radius 2 is 2.15 bits per heavy atom. The summed E-state index contributed by atoms with van der Waals surface area (Å²) in [5.74, 6) is -3.13. The number of likely N-dealkylation sites (N-methyl/N-ethyl adjacent to an activating group) is 1. The molecule has 0 radical (unpaired) electrons. The second-order valence-electron chi connectivity index (χ2n) is 7.22. The summed E-state index contributed by atoms with van der Waals surface area (Å²) in [4.78, 5) is 19.8. The second kappa shape index (κ2) is 7.64. The molecule has 2 N–H and O–H groups in total. The smallest absolute Gasteiger partial charge is 0.267 e. The van der Waals surface area contributed by atoms with Gasteiger partial charge in [-0.3, -0.25) is 9.78 Å². The van der Waals surface area contributed by atoms with Crippen molar-refractivity contribution in [3.05, 3.63) is 30.5 Å². The Labute approximate surface area is 157 Å². The highest BCUT2D eigenvalue weighted by Crippen LogP contribution is 2.35. The number of carbonyl (C=O) groups is 1. The van der Waals surface area contributed by atoms with E-state index in [1.54, 1.807) is 43.2 Å². The van der Waals surface area contributed by atoms with Gasteiger partial charge in [0.15, 0.2) is 0 Å². The van der Waals surface area contributed by atoms with Crippen molar-refractivity contribution >= 4 is 28.2 Å². The van der Waals surface area contributed by atoms with Gasteiger partial charge in [0.25, 0.3) is 5.92 Å². The van der Waals surface area contributed by atoms with Crippen molar-refractivity contribution in [2.24, 2.45) is 0 Å². The van der Waals surface area contributed by atoms with Gasteiger partial charge in [0.05, 0.1) is 30.3 Å². The maximum atomic E-state index is 14.4. The number of fused-ring (bicyclic) bond motifs is 1. The molecule has 1 saturated heterocycles. The molecular formula is C19H25F2N5O. The van der Waals surface area contributed by atoms with E-state index in [1.807, 2.05) is 18.2 Å². The lowest BCUT2D eigenvalue weighted by Crippen LogP contribution is -2.56. The van der Waals surface area contributed by atoms with Crippen molar-refractivity contribution in [1.29, 1.82) is 0 Å². The van der Waals surface area contributed by atoms with Crippen molar-refractivity contribution in [3.8, 4) is 0 Å². The van der Waals surface area contributed by atoms with E-state index in [9.17, 15) is 13.6 Å². The van der Waals surface area contributed by atoms with Crippen molar-refractivity contribution in [1.82, 2.24) is 15.2 Å². The minimum atomic E-state index is -2.88. The predicted octanol–water partition coefficient (Wildman–Crippen LogP) is 2.17. The summed E-state index contributed by atoms with van der Waals surface area (Å²) in [6.45, 7) is 0.124. The third kappa shape index (κ3) is 4.44. The third-order valence-corrected chi connectivity index (χ3v) is 4.59. The van der Waals surface area contributed by atoms with Gasteiger partial charge in [-0.1, -0.05) is 0 Å². The van der Waals surface area contributed by atoms with Crippen molar-refractivity contribution in [3.63, 3.8) is 0 Å². The summed E-state index contributed by atoms with van der Waals surface area (Å²) >= 11 is 0. The van der Waals surface area contributed by atoms with E-state index in [0.717, 1.165) is 16.6 Å². The van der Waals surface area contributed by atoms with E-state index >= 15 is 0 Å². The fourth-order valence-electron chi connectivity index (χ4n) is 3.58. The Morgan fingerprint density at radius 3 is 2.85 bits per heavy atom. The van der Waals surface area contributed by atoms with Crippen molar-refractivity contribution in [2.45, 2.75) is 18.4 Å². The first-order chi connectivity index (χ1) is 12.8. The number of aromatic nitrogens is 1. The molecule has 0 aliphatic carbocycles. The van der Waals surface area contributed by atoms with Crippen LogP contribution < -0.4 is 15.5 Å². The highest BCUT2D eigenvalue weighted by molar-refractivity contribution is 5.99. The average Bonchev–Trinajstić information content (AvgIpc) is 2.58. The number of rotatable bonds is 5. The number of hydrogen-bond donors (Lipinski definition) is 2. The number of anilines is 2. The van der Waals surface area contributed by atoms with Crippen LogP contribution in [0.15, 0.2) is 30.5 Å². The maximum absolute atomic E-state index is 14.4. The van der Waals surface area contributed by atoms with E-state index in [2.05, 4.69) is 15.6 Å². The van der Waals surface area contributed by atoms with Crippen molar-refractivity contribution < 1.29 is 13.6 Å². The van der Waals surface area contributed by atoms with Crippen LogP contribution in [-0.4, -0.2) is 68.5 Å². The van der Waals surface area contributed by atoms with Crippen LogP contribution in [0.2, 0.25) is 0 Å². The van der Waals surface area contributed by atoms with Crippen LogP contribution in [0.25, 0.3) is 10.9 Å². The van der Waals surface area contributed by atoms with Crippen LogP contribution in [0, 0.1) is 0 Å². The largest absolute Gasteiger partial charge is 0.386 e. The fourth-order valence-corrected chi connectivity index (χ4v) is 3.58. The Balaban J connectivity index is 1.89. The Morgan fingerprint density at radius 1 is 1.37 bits per heavy atom. The zero-order chi connectivity index (χ0) is 19.6. The molecule has 6 nitrogen and oxygen atoms in total. The molecule has 3 rings (SSSR count). The van der Waals surface area contributed by atoms with E-state index in [4.69, 9.17) is 0 Å². The summed E-state index contributed by atoms with van der Waals surface area (Å²) in [5, 5.41) is 6.63. The molecule has 8 heteroatoms. The van der Waals surface area contributed by atoms with Crippen molar-refractivity contribution in [2.75, 3.05) is 51.0 Å². The monoisotopic (exact) mass is 377 g/mol. The molecule has 1 aromatic heterocycles. The molecular weight excluding hydrogens is 352 g/mol. The Bertz CT molecular complexity index is 827. The molecule has 1 fully saturated rings. The molecule has 1 aromatic carbocycles. The fraction of sp³-hybridized carbons (Fsp3) is 0.474. The molecule has 0 saturated carbocycles. The van der Waals surface area contributed by atoms with Gasteiger partial charge in [0.2, 0.25) is 5.91 Å². The number of alkyl halides is 2. The quantitative estimate of drug-likeness (QED) is 0.836. The van der Waals surface area contributed by atoms with Crippen LogP contribution in [0.3, 0.4) is 0 Å². The lowest BCUT2D eigenvalue weighted by Gasteiger charge is -2.39. The van der Waals surface area contributed by atoms with Crippen LogP contribution in [-0.2, 0) is 4.79 Å². The van der Waals surface area contributed by atoms with Crippen LogP contribution in [0.5, 0.6) is 0 Å². The normalized spacial score (nSPS) is 19.3. The molecule has 146 valence electrons. The summed E-state index contributed by atoms with van der Waals surface area (Å²) in [5.41, 5.74) is 2.27. The Hall–Kier alpha value is -2.48. The van der Waals surface area contributed by atoms with E-state index in [0.29, 0.717) is 12.2 Å². The summed E-state index contributed by atoms with van der Waals surface area (Å²) in [6.07, 6.45) is 1.33. The lowest BCUT2D eigenvalue weighted by molar-refractivity contribution is -0.123. The SMILES string of the molecule is CNc1ccc(N2C[C@H](NC(=O)CN(C)C)CC(F)(F)C2)c2cccnc12. The predicted molar refractivity (Wildman–Crippen MR) is 104 cm³/mol. The zero-order valence-corrected chi connectivity index (χ0v) is 15.8. The summed E-state index contributed by atoms with van der Waals surface area (Å²) in [7, 11) is 5.34. The number of piperidine rings is 1. The number of hydrogen-bond acceptors (Lipinski definition) is 5. The minimum absolute atomic E-state index is 0.172. The molecule has 1 atom stereocenters.